The van der Waals surface area contributed by atoms with Crippen LogP contribution in [-0.2, 0) is 18.1 Å². The molecule has 0 saturated carbocycles. The smallest absolute Gasteiger partial charge is 0.287 e. The zero-order chi connectivity index (χ0) is 20.1. The minimum Gasteiger partial charge on any atom is -0.287 e. The van der Waals surface area contributed by atoms with Crippen LogP contribution in [0.15, 0.2) is 0 Å². The van der Waals surface area contributed by atoms with E-state index in [2.05, 4.69) is 38.8 Å². The van der Waals surface area contributed by atoms with Gasteiger partial charge in [0, 0.05) is 10.7 Å². The Labute approximate surface area is 184 Å². The molecule has 0 aliphatic carbocycles. The summed E-state index contributed by atoms with van der Waals surface area (Å²) < 4.78 is 28.3. The Morgan fingerprint density at radius 1 is 0.556 bits per heavy atom. The van der Waals surface area contributed by atoms with Crippen molar-refractivity contribution in [3.8, 4) is 0 Å². The van der Waals surface area contributed by atoms with E-state index in [0.29, 0.717) is 30.5 Å². The Morgan fingerprint density at radius 3 is 1.26 bits per heavy atom. The van der Waals surface area contributed by atoms with Crippen molar-refractivity contribution in [2.75, 3.05) is 30.5 Å². The van der Waals surface area contributed by atoms with Gasteiger partial charge < -0.3 is 0 Å². The molecule has 0 heterocycles. The van der Waals surface area contributed by atoms with Crippen LogP contribution >= 0.6 is 39.7 Å². The van der Waals surface area contributed by atoms with E-state index in [-0.39, 0.29) is 0 Å². The zero-order valence-corrected chi connectivity index (χ0v) is 21.3. The lowest BCUT2D eigenvalue weighted by atomic mass is 10.0. The minimum absolute atomic E-state index is 0.318. The van der Waals surface area contributed by atoms with Gasteiger partial charge in [0.2, 0.25) is 0 Å². The molecule has 4 nitrogen and oxygen atoms in total. The summed E-state index contributed by atoms with van der Waals surface area (Å²) in [5, 5.41) is 1.22. The van der Waals surface area contributed by atoms with Gasteiger partial charge in [-0.25, -0.2) is 4.57 Å². The molecule has 0 aromatic heterocycles. The van der Waals surface area contributed by atoms with Crippen LogP contribution < -0.4 is 0 Å². The summed E-state index contributed by atoms with van der Waals surface area (Å²) in [4.78, 5) is 0. The molecule has 164 valence electrons. The molecule has 0 bridgehead atoms. The van der Waals surface area contributed by atoms with E-state index >= 15 is 0 Å². The number of halogens is 2. The van der Waals surface area contributed by atoms with Crippen LogP contribution in [0.3, 0.4) is 0 Å². The van der Waals surface area contributed by atoms with E-state index in [1.54, 1.807) is 0 Å². The topological polar surface area (TPSA) is 44.8 Å². The van der Waals surface area contributed by atoms with Crippen molar-refractivity contribution in [2.24, 2.45) is 0 Å². The van der Waals surface area contributed by atoms with Gasteiger partial charge in [-0.15, -0.1) is 0 Å². The number of phosphoric acid groups is 1. The van der Waals surface area contributed by atoms with Crippen LogP contribution in [0.1, 0.15) is 96.8 Å². The summed E-state index contributed by atoms with van der Waals surface area (Å²) >= 11 is 6.51. The number of rotatable bonds is 22. The summed E-state index contributed by atoms with van der Waals surface area (Å²) in [5.74, 6) is 0. The van der Waals surface area contributed by atoms with E-state index in [0.717, 1.165) is 12.8 Å². The van der Waals surface area contributed by atoms with E-state index in [4.69, 9.17) is 13.6 Å². The van der Waals surface area contributed by atoms with Crippen LogP contribution in [0.4, 0.5) is 0 Å². The molecular weight excluding hydrogens is 495 g/mol. The molecule has 0 amide bonds. The first kappa shape index (κ1) is 28.1. The fourth-order valence-corrected chi connectivity index (χ4v) is 4.91. The molecule has 0 aliphatic heterocycles. The number of hydrogen-bond acceptors (Lipinski definition) is 4. The lowest BCUT2D eigenvalue weighted by Gasteiger charge is -2.17. The average molecular weight is 536 g/mol. The summed E-state index contributed by atoms with van der Waals surface area (Å²) in [6.07, 6.45) is 18.4. The van der Waals surface area contributed by atoms with Crippen molar-refractivity contribution in [3.63, 3.8) is 0 Å². The number of alkyl halides is 2. The maximum absolute atomic E-state index is 12.4. The highest BCUT2D eigenvalue weighted by atomic mass is 79.9. The SMILES string of the molecule is CCCCCCCCCCCCCCCCOP(=O)(OCCBr)OCCBr. The molecule has 0 unspecified atom stereocenters. The monoisotopic (exact) mass is 534 g/mol. The Morgan fingerprint density at radius 2 is 0.889 bits per heavy atom. The van der Waals surface area contributed by atoms with Gasteiger partial charge in [-0.3, -0.25) is 13.6 Å². The fraction of sp³-hybridized carbons (Fsp3) is 1.00. The highest BCUT2D eigenvalue weighted by Crippen LogP contribution is 2.49. The van der Waals surface area contributed by atoms with Gasteiger partial charge in [0.25, 0.3) is 0 Å². The predicted octanol–water partition coefficient (Wildman–Crippen LogP) is 8.42. The second kappa shape index (κ2) is 21.8. The van der Waals surface area contributed by atoms with Crippen LogP contribution in [0.5, 0.6) is 0 Å². The highest BCUT2D eigenvalue weighted by Gasteiger charge is 2.25. The Hall–Kier alpha value is 1.07. The summed E-state index contributed by atoms with van der Waals surface area (Å²) in [6, 6.07) is 0. The van der Waals surface area contributed by atoms with Gasteiger partial charge in [0.1, 0.15) is 0 Å². The van der Waals surface area contributed by atoms with E-state index in [1.165, 1.54) is 77.0 Å². The quantitative estimate of drug-likeness (QED) is 0.0792. The van der Waals surface area contributed by atoms with Gasteiger partial charge in [0.15, 0.2) is 0 Å². The summed E-state index contributed by atoms with van der Waals surface area (Å²) in [5.41, 5.74) is 0. The first-order valence-corrected chi connectivity index (χ1v) is 14.5. The normalized spacial score (nSPS) is 12.0. The summed E-state index contributed by atoms with van der Waals surface area (Å²) in [6.45, 7) is 3.34. The first-order chi connectivity index (χ1) is 13.2. The van der Waals surface area contributed by atoms with Crippen molar-refractivity contribution < 1.29 is 18.1 Å². The van der Waals surface area contributed by atoms with E-state index in [1.807, 2.05) is 0 Å². The average Bonchev–Trinajstić information content (AvgIpc) is 2.68. The van der Waals surface area contributed by atoms with Crippen molar-refractivity contribution >= 4 is 39.7 Å². The van der Waals surface area contributed by atoms with Gasteiger partial charge in [-0.1, -0.05) is 122 Å². The summed E-state index contributed by atoms with van der Waals surface area (Å²) in [7, 11) is -3.40. The van der Waals surface area contributed by atoms with Gasteiger partial charge in [0.05, 0.1) is 19.8 Å². The van der Waals surface area contributed by atoms with Crippen LogP contribution in [0.25, 0.3) is 0 Å². The standard InChI is InChI=1S/C20H41Br2O4P/c1-2-3-4-5-6-7-8-9-10-11-12-13-14-15-18-24-27(23,25-19-16-21)26-20-17-22/h2-20H2,1H3. The van der Waals surface area contributed by atoms with E-state index < -0.39 is 7.82 Å². The lowest BCUT2D eigenvalue weighted by molar-refractivity contribution is 0.122. The van der Waals surface area contributed by atoms with Crippen molar-refractivity contribution in [3.05, 3.63) is 0 Å². The molecule has 0 saturated heterocycles. The molecule has 0 fully saturated rings. The first-order valence-electron chi connectivity index (χ1n) is 10.8. The molecular formula is C20H41Br2O4P. The third-order valence-corrected chi connectivity index (χ3v) is 6.54. The van der Waals surface area contributed by atoms with Crippen LogP contribution in [0.2, 0.25) is 0 Å². The molecule has 0 aromatic rings. The molecule has 0 N–H and O–H groups in total. The Kier molecular flexibility index (Phi) is 22.6. The second-order valence-electron chi connectivity index (χ2n) is 6.92. The van der Waals surface area contributed by atoms with Crippen LogP contribution in [-0.4, -0.2) is 30.5 Å². The largest absolute Gasteiger partial charge is 0.474 e. The lowest BCUT2D eigenvalue weighted by Crippen LogP contribution is -2.05. The molecule has 0 aromatic carbocycles. The van der Waals surface area contributed by atoms with Gasteiger partial charge >= 0.3 is 7.82 Å². The van der Waals surface area contributed by atoms with Crippen molar-refractivity contribution in [1.82, 2.24) is 0 Å². The van der Waals surface area contributed by atoms with E-state index in [9.17, 15) is 4.57 Å². The molecule has 27 heavy (non-hydrogen) atoms. The predicted molar refractivity (Wildman–Crippen MR) is 123 cm³/mol. The number of unbranched alkanes of at least 4 members (excludes halogenated alkanes) is 13. The number of phosphoric ester groups is 1. The molecule has 0 atom stereocenters. The fourth-order valence-electron chi connectivity index (χ4n) is 2.88. The van der Waals surface area contributed by atoms with Gasteiger partial charge in [-0.05, 0) is 6.42 Å². The minimum atomic E-state index is -3.40. The molecule has 0 aliphatic rings. The van der Waals surface area contributed by atoms with Crippen LogP contribution in [0, 0.1) is 0 Å². The van der Waals surface area contributed by atoms with Crippen molar-refractivity contribution in [1.29, 1.82) is 0 Å². The number of hydrogen-bond donors (Lipinski definition) is 0. The maximum Gasteiger partial charge on any atom is 0.474 e. The zero-order valence-electron chi connectivity index (χ0n) is 17.3. The molecule has 0 spiro atoms. The molecule has 7 heteroatoms. The third-order valence-electron chi connectivity index (χ3n) is 4.40. The van der Waals surface area contributed by atoms with Gasteiger partial charge in [-0.2, -0.15) is 0 Å². The van der Waals surface area contributed by atoms with Crippen molar-refractivity contribution in [2.45, 2.75) is 96.8 Å². The molecule has 0 radical (unpaired) electrons. The third kappa shape index (κ3) is 20.1. The molecule has 0 rings (SSSR count). The maximum atomic E-state index is 12.4. The Balaban J connectivity index is 3.43. The second-order valence-corrected chi connectivity index (χ2v) is 10.2. The Bertz CT molecular complexity index is 334. The highest BCUT2D eigenvalue weighted by molar-refractivity contribution is 9.09.